The van der Waals surface area contributed by atoms with E-state index in [1.165, 1.54) is 23.2 Å². The molecular weight excluding hydrogens is 677 g/mol. The fraction of sp³-hybridized carbons (Fsp3) is 0.156. The number of amides is 2. The third-order valence-corrected chi connectivity index (χ3v) is 9.59. The van der Waals surface area contributed by atoms with Crippen LogP contribution in [0, 0.1) is 0 Å². The number of thioether (sulfide) groups is 1. The number of thiazole rings is 1. The lowest BCUT2D eigenvalue weighted by molar-refractivity contribution is -0.685. The van der Waals surface area contributed by atoms with Crippen LogP contribution in [0.3, 0.4) is 0 Å². The highest BCUT2D eigenvalue weighted by atomic mass is 32.2. The number of carbonyl (C=O) groups is 4. The van der Waals surface area contributed by atoms with Crippen molar-refractivity contribution in [2.45, 2.75) is 24.1 Å². The zero-order chi connectivity index (χ0) is 34.8. The molecule has 4 aromatic rings. The number of nitrogens with zero attached hydrogens (tertiary/aromatic N) is 4. The number of nitrogens with one attached hydrogen (secondary N) is 1. The first-order chi connectivity index (χ1) is 23.5. The number of aliphatic carboxylic acids is 2. The largest absolute Gasteiger partial charge is 0.543 e. The van der Waals surface area contributed by atoms with E-state index in [4.69, 9.17) is 10.6 Å². The van der Waals surface area contributed by atoms with E-state index in [1.807, 2.05) is 47.3 Å². The van der Waals surface area contributed by atoms with Crippen molar-refractivity contribution in [3.8, 4) is 11.5 Å². The first-order valence-corrected chi connectivity index (χ1v) is 16.4. The fourth-order valence-electron chi connectivity index (χ4n) is 5.24. The van der Waals surface area contributed by atoms with Gasteiger partial charge in [0.15, 0.2) is 41.3 Å². The number of allylic oxidation sites excluding steroid dienone is 2. The molecule has 0 saturated carbocycles. The number of hydrogen-bond acceptors (Lipinski definition) is 13. The molecule has 2 aliphatic rings. The zero-order valence-corrected chi connectivity index (χ0v) is 26.8. The Morgan fingerprint density at radius 2 is 1.96 bits per heavy atom. The van der Waals surface area contributed by atoms with Gasteiger partial charge in [-0.25, -0.2) is 14.3 Å². The van der Waals surface area contributed by atoms with Crippen LogP contribution >= 0.6 is 23.1 Å². The molecule has 0 bridgehead atoms. The third kappa shape index (κ3) is 6.74. The second-order valence-electron chi connectivity index (χ2n) is 10.8. The highest BCUT2D eigenvalue weighted by Crippen LogP contribution is 2.40. The van der Waals surface area contributed by atoms with Crippen molar-refractivity contribution in [3.63, 3.8) is 0 Å². The first-order valence-electron chi connectivity index (χ1n) is 14.5. The molecule has 0 aliphatic carbocycles. The second-order valence-corrected chi connectivity index (χ2v) is 12.8. The van der Waals surface area contributed by atoms with Crippen LogP contribution in [-0.4, -0.2) is 71.8 Å². The van der Waals surface area contributed by atoms with Crippen LogP contribution in [-0.2, 0) is 30.6 Å². The summed E-state index contributed by atoms with van der Waals surface area (Å²) in [6, 6.07) is 11.9. The van der Waals surface area contributed by atoms with E-state index in [0.717, 1.165) is 39.1 Å². The number of carboxylic acid groups (broad SMARTS) is 2. The van der Waals surface area contributed by atoms with Crippen LogP contribution in [0.2, 0.25) is 0 Å². The molecule has 1 saturated heterocycles. The van der Waals surface area contributed by atoms with Crippen LogP contribution in [0.25, 0.3) is 10.8 Å². The number of phenolic OH excluding ortho intramolecular Hbond substituents is 2. The molecule has 250 valence electrons. The summed E-state index contributed by atoms with van der Waals surface area (Å²) >= 11 is 2.20. The molecule has 2 aromatic heterocycles. The molecule has 6 rings (SSSR count). The number of phenols is 2. The number of carbonyl (C=O) groups excluding carboxylic acids is 3. The van der Waals surface area contributed by atoms with Crippen molar-refractivity contribution in [1.29, 1.82) is 0 Å². The average Bonchev–Trinajstić information content (AvgIpc) is 3.51. The molecule has 6 N–H and O–H groups in total. The predicted molar refractivity (Wildman–Crippen MR) is 175 cm³/mol. The highest BCUT2D eigenvalue weighted by molar-refractivity contribution is 8.00. The summed E-state index contributed by atoms with van der Waals surface area (Å²) in [6.45, 7) is 0.442. The van der Waals surface area contributed by atoms with Gasteiger partial charge in [0.2, 0.25) is 6.10 Å². The number of aromatic nitrogens is 2. The maximum atomic E-state index is 13.5. The van der Waals surface area contributed by atoms with Crippen molar-refractivity contribution in [2.24, 2.45) is 5.16 Å². The van der Waals surface area contributed by atoms with Crippen molar-refractivity contribution in [3.05, 3.63) is 101 Å². The Kier molecular flexibility index (Phi) is 9.19. The van der Waals surface area contributed by atoms with E-state index < -0.39 is 58.5 Å². The van der Waals surface area contributed by atoms with E-state index >= 15 is 0 Å². The SMILES string of the molecule is Nc1nc(C(=NOC(C(=O)O)c2ccc(O)c(O)c2)C(=O)NC2C(=O)N3C(C(=O)[O-])=C(C=CC[n+]4ccc5ccccc5c4)CSC23)cs1. The molecule has 3 unspecified atom stereocenters. The number of hydrogen-bond donors (Lipinski definition) is 5. The molecule has 0 spiro atoms. The summed E-state index contributed by atoms with van der Waals surface area (Å²) in [4.78, 5) is 61.2. The van der Waals surface area contributed by atoms with Crippen LogP contribution in [0.1, 0.15) is 17.4 Å². The lowest BCUT2D eigenvalue weighted by Gasteiger charge is -2.50. The lowest BCUT2D eigenvalue weighted by Crippen LogP contribution is -2.71. The topological polar surface area (TPSA) is 232 Å². The van der Waals surface area contributed by atoms with E-state index in [-0.39, 0.29) is 27.8 Å². The van der Waals surface area contributed by atoms with Crippen molar-refractivity contribution >= 4 is 68.5 Å². The number of oxime groups is 1. The predicted octanol–water partition coefficient (Wildman–Crippen LogP) is 0.784. The Hall–Kier alpha value is -5.94. The molecule has 3 atom stereocenters. The number of aromatic hydroxyl groups is 2. The van der Waals surface area contributed by atoms with Gasteiger partial charge in [0.05, 0.1) is 11.7 Å². The minimum atomic E-state index is -1.82. The fourth-order valence-corrected chi connectivity index (χ4v) is 7.10. The van der Waals surface area contributed by atoms with Gasteiger partial charge in [-0.05, 0) is 35.2 Å². The maximum Gasteiger partial charge on any atom is 0.352 e. The maximum absolute atomic E-state index is 13.5. The first kappa shape index (κ1) is 33.0. The smallest absolute Gasteiger partial charge is 0.352 e. The van der Waals surface area contributed by atoms with Gasteiger partial charge in [-0.1, -0.05) is 35.5 Å². The number of fused-ring (bicyclic) bond motifs is 2. The van der Waals surface area contributed by atoms with Crippen LogP contribution < -0.4 is 20.7 Å². The number of rotatable bonds is 11. The summed E-state index contributed by atoms with van der Waals surface area (Å²) in [5, 5.41) is 50.4. The quantitative estimate of drug-likeness (QED) is 0.0480. The third-order valence-electron chi connectivity index (χ3n) is 7.62. The van der Waals surface area contributed by atoms with E-state index in [9.17, 15) is 39.6 Å². The molecule has 4 heterocycles. The van der Waals surface area contributed by atoms with Gasteiger partial charge < -0.3 is 41.1 Å². The van der Waals surface area contributed by atoms with Gasteiger partial charge in [-0.15, -0.1) is 23.1 Å². The Labute approximate surface area is 285 Å². The van der Waals surface area contributed by atoms with Crippen LogP contribution in [0.4, 0.5) is 5.13 Å². The number of nitrogen functional groups attached to an aromatic ring is 1. The lowest BCUT2D eigenvalue weighted by atomic mass is 10.0. The Morgan fingerprint density at radius 3 is 2.65 bits per heavy atom. The summed E-state index contributed by atoms with van der Waals surface area (Å²) in [7, 11) is 0. The van der Waals surface area contributed by atoms with Gasteiger partial charge in [0, 0.05) is 28.1 Å². The number of benzene rings is 2. The average molecular weight is 703 g/mol. The van der Waals surface area contributed by atoms with E-state index in [1.54, 1.807) is 12.2 Å². The van der Waals surface area contributed by atoms with Crippen molar-refractivity contribution < 1.29 is 49.0 Å². The Morgan fingerprint density at radius 1 is 1.18 bits per heavy atom. The monoisotopic (exact) mass is 702 g/mol. The molecule has 0 radical (unpaired) electrons. The van der Waals surface area contributed by atoms with Gasteiger partial charge in [0.25, 0.3) is 11.8 Å². The van der Waals surface area contributed by atoms with Crippen LogP contribution in [0.15, 0.2) is 94.9 Å². The van der Waals surface area contributed by atoms with Crippen LogP contribution in [0.5, 0.6) is 11.5 Å². The molecule has 15 nitrogen and oxygen atoms in total. The highest BCUT2D eigenvalue weighted by Gasteiger charge is 2.53. The summed E-state index contributed by atoms with van der Waals surface area (Å²) in [5.74, 6) is -5.65. The zero-order valence-electron chi connectivity index (χ0n) is 25.1. The normalized spacial score (nSPS) is 18.2. The minimum absolute atomic E-state index is 0.0609. The van der Waals surface area contributed by atoms with Crippen molar-refractivity contribution in [2.75, 3.05) is 11.5 Å². The molecule has 17 heteroatoms. The molecule has 2 aromatic carbocycles. The van der Waals surface area contributed by atoms with E-state index in [0.29, 0.717) is 12.1 Å². The van der Waals surface area contributed by atoms with Crippen molar-refractivity contribution in [1.82, 2.24) is 15.2 Å². The van der Waals surface area contributed by atoms with Gasteiger partial charge in [-0.2, -0.15) is 0 Å². The number of pyridine rings is 1. The van der Waals surface area contributed by atoms with E-state index in [2.05, 4.69) is 15.5 Å². The minimum Gasteiger partial charge on any atom is -0.543 e. The van der Waals surface area contributed by atoms with Gasteiger partial charge in [-0.3, -0.25) is 14.5 Å². The number of carboxylic acids is 2. The molecule has 1 fully saturated rings. The molecule has 49 heavy (non-hydrogen) atoms. The summed E-state index contributed by atoms with van der Waals surface area (Å²) in [5.41, 5.74) is 5.11. The molecule has 2 aliphatic heterocycles. The Balaban J connectivity index is 1.19. The number of nitrogens with two attached hydrogens (primary N) is 1. The van der Waals surface area contributed by atoms with Gasteiger partial charge in [0.1, 0.15) is 17.1 Å². The molecular formula is C32H26N6O9S2. The standard InChI is InChI=1S/C32H26N6O9S2/c33-32-34-20(15-49-32)23(36-47-26(31(45)46)17-7-8-21(39)22(40)12-17)27(41)35-24-28(42)38-25(30(43)44)19(14-48-29(24)38)6-3-10-37-11-9-16-4-1-2-5-18(16)13-37/h1-9,11-13,15,24,26,29H,10,14H2,(H6-,33,34,35,36,39,40,41,43,44,45,46). The molecule has 2 amide bonds. The van der Waals surface area contributed by atoms with Gasteiger partial charge >= 0.3 is 5.97 Å². The summed E-state index contributed by atoms with van der Waals surface area (Å²) in [6.07, 6.45) is 5.47. The number of β-lactam (4-membered cyclic amide) rings is 1. The number of anilines is 1. The Bertz CT molecular complexity index is 2100. The second kappa shape index (κ2) is 13.7. The summed E-state index contributed by atoms with van der Waals surface area (Å²) < 4.78 is 1.93.